The van der Waals surface area contributed by atoms with E-state index in [-0.39, 0.29) is 18.0 Å². The molecule has 3 aromatic heterocycles. The van der Waals surface area contributed by atoms with E-state index in [1.807, 2.05) is 48.5 Å². The number of furan rings is 1. The third-order valence-electron chi connectivity index (χ3n) is 6.70. The molecule has 1 aliphatic rings. The number of carbonyl (C=O) groups is 1. The zero-order chi connectivity index (χ0) is 26.1. The average Bonchev–Trinajstić information content (AvgIpc) is 3.59. The number of hydrogen-bond donors (Lipinski definition) is 2. The lowest BCUT2D eigenvalue weighted by atomic mass is 9.96. The number of nitrogens with one attached hydrogen (secondary N) is 2. The summed E-state index contributed by atoms with van der Waals surface area (Å²) < 4.78 is 13.4. The maximum atomic E-state index is 11.9. The molecule has 1 aliphatic heterocycles. The van der Waals surface area contributed by atoms with Crippen LogP contribution in [0.5, 0.6) is 5.75 Å². The molecule has 1 amide bonds. The van der Waals surface area contributed by atoms with Crippen LogP contribution in [0.4, 0.5) is 11.4 Å². The second-order valence-corrected chi connectivity index (χ2v) is 9.44. The van der Waals surface area contributed by atoms with Gasteiger partial charge in [-0.1, -0.05) is 6.07 Å². The highest BCUT2D eigenvalue weighted by Crippen LogP contribution is 2.44. The Balaban J connectivity index is 1.63. The van der Waals surface area contributed by atoms with E-state index in [2.05, 4.69) is 45.0 Å². The Bertz CT molecular complexity index is 1430. The zero-order valence-electron chi connectivity index (χ0n) is 21.2. The Labute approximate surface area is 221 Å². The van der Waals surface area contributed by atoms with Gasteiger partial charge in [-0.15, -0.1) is 0 Å². The van der Waals surface area contributed by atoms with Gasteiger partial charge in [0.1, 0.15) is 11.5 Å². The van der Waals surface area contributed by atoms with Crippen LogP contribution in [0, 0.1) is 13.8 Å². The molecule has 0 bridgehead atoms. The molecule has 37 heavy (non-hydrogen) atoms. The van der Waals surface area contributed by atoms with Crippen molar-refractivity contribution in [1.29, 1.82) is 0 Å². The number of amides is 1. The quantitative estimate of drug-likeness (QED) is 0.324. The van der Waals surface area contributed by atoms with Crippen LogP contribution >= 0.6 is 12.2 Å². The van der Waals surface area contributed by atoms with Crippen molar-refractivity contribution in [2.45, 2.75) is 39.4 Å². The summed E-state index contributed by atoms with van der Waals surface area (Å²) in [4.78, 5) is 18.6. The van der Waals surface area contributed by atoms with Gasteiger partial charge in [0.15, 0.2) is 5.11 Å². The molecule has 4 aromatic rings. The number of hydrogen-bond acceptors (Lipinski definition) is 5. The summed E-state index contributed by atoms with van der Waals surface area (Å²) in [7, 11) is 1.58. The largest absolute Gasteiger partial charge is 0.495 e. The molecule has 0 aliphatic carbocycles. The number of benzene rings is 1. The molecule has 1 saturated heterocycles. The number of carbonyl (C=O) groups excluding carboxylic acids is 1. The molecule has 1 aromatic carbocycles. The zero-order valence-corrected chi connectivity index (χ0v) is 22.0. The number of methoxy groups -OCH3 is 1. The molecule has 2 N–H and O–H groups in total. The molecule has 0 spiro atoms. The number of ether oxygens (including phenoxy) is 1. The maximum Gasteiger partial charge on any atom is 0.221 e. The van der Waals surface area contributed by atoms with Crippen LogP contribution in [0.1, 0.15) is 47.4 Å². The highest BCUT2D eigenvalue weighted by Gasteiger charge is 2.42. The maximum absolute atomic E-state index is 11.9. The Hall–Kier alpha value is -4.11. The minimum Gasteiger partial charge on any atom is -0.495 e. The normalized spacial score (nSPS) is 17.1. The smallest absolute Gasteiger partial charge is 0.221 e. The van der Waals surface area contributed by atoms with Crippen molar-refractivity contribution in [2.24, 2.45) is 0 Å². The molecular weight excluding hydrogens is 486 g/mol. The molecule has 2 unspecified atom stereocenters. The van der Waals surface area contributed by atoms with Gasteiger partial charge in [0.2, 0.25) is 5.91 Å². The van der Waals surface area contributed by atoms with E-state index in [1.165, 1.54) is 6.92 Å². The fourth-order valence-corrected chi connectivity index (χ4v) is 5.36. The van der Waals surface area contributed by atoms with Crippen molar-refractivity contribution >= 4 is 34.6 Å². The lowest BCUT2D eigenvalue weighted by Crippen LogP contribution is -2.29. The standard InChI is InChI=1S/C28H29N5O3S/c1-17-14-22(18(2)32(17)16-21-8-7-13-36-21)27-26(23-9-5-6-12-29-23)31-28(37)33(27)20-10-11-25(35-4)24(15-20)30-19(3)34/h5-15,26-27H,16H2,1-4H3,(H,30,34)(H,31,37). The van der Waals surface area contributed by atoms with Gasteiger partial charge in [-0.3, -0.25) is 9.78 Å². The Morgan fingerprint density at radius 3 is 2.70 bits per heavy atom. The Kier molecular flexibility index (Phi) is 6.71. The van der Waals surface area contributed by atoms with E-state index in [0.717, 1.165) is 34.1 Å². The lowest BCUT2D eigenvalue weighted by molar-refractivity contribution is -0.114. The first-order chi connectivity index (χ1) is 17.9. The average molecular weight is 516 g/mol. The third kappa shape index (κ3) is 4.70. The molecule has 5 rings (SSSR count). The van der Waals surface area contributed by atoms with Crippen molar-refractivity contribution < 1.29 is 13.9 Å². The van der Waals surface area contributed by atoms with Crippen LogP contribution in [0.2, 0.25) is 0 Å². The summed E-state index contributed by atoms with van der Waals surface area (Å²) in [5.41, 5.74) is 5.68. The summed E-state index contributed by atoms with van der Waals surface area (Å²) in [6, 6.07) is 17.3. The molecule has 190 valence electrons. The van der Waals surface area contributed by atoms with Crippen molar-refractivity contribution in [2.75, 3.05) is 17.3 Å². The number of rotatable bonds is 7. The highest BCUT2D eigenvalue weighted by atomic mass is 32.1. The van der Waals surface area contributed by atoms with Gasteiger partial charge in [0.25, 0.3) is 0 Å². The van der Waals surface area contributed by atoms with E-state index in [9.17, 15) is 4.79 Å². The number of anilines is 2. The molecule has 0 saturated carbocycles. The summed E-state index contributed by atoms with van der Waals surface area (Å²) in [5.74, 6) is 1.29. The summed E-state index contributed by atoms with van der Waals surface area (Å²) in [6.07, 6.45) is 3.49. The van der Waals surface area contributed by atoms with Crippen molar-refractivity contribution in [3.05, 3.63) is 95.5 Å². The summed E-state index contributed by atoms with van der Waals surface area (Å²) in [6.45, 7) is 6.33. The molecule has 0 radical (unpaired) electrons. The van der Waals surface area contributed by atoms with E-state index in [0.29, 0.717) is 23.1 Å². The van der Waals surface area contributed by atoms with Gasteiger partial charge in [-0.05, 0) is 80.2 Å². The number of aryl methyl sites for hydroxylation is 1. The fraction of sp³-hybridized carbons (Fsp3) is 0.250. The minimum atomic E-state index is -0.183. The first-order valence-electron chi connectivity index (χ1n) is 12.0. The van der Waals surface area contributed by atoms with E-state index >= 15 is 0 Å². The van der Waals surface area contributed by atoms with E-state index in [4.69, 9.17) is 21.4 Å². The van der Waals surface area contributed by atoms with Gasteiger partial charge in [-0.2, -0.15) is 0 Å². The number of pyridine rings is 1. The van der Waals surface area contributed by atoms with Crippen LogP contribution in [-0.2, 0) is 11.3 Å². The van der Waals surface area contributed by atoms with Gasteiger partial charge in [0.05, 0.1) is 43.4 Å². The van der Waals surface area contributed by atoms with Gasteiger partial charge in [0, 0.05) is 30.2 Å². The summed E-state index contributed by atoms with van der Waals surface area (Å²) in [5, 5.41) is 6.95. The van der Waals surface area contributed by atoms with Crippen molar-refractivity contribution in [3.63, 3.8) is 0 Å². The summed E-state index contributed by atoms with van der Waals surface area (Å²) >= 11 is 5.89. The molecule has 4 heterocycles. The van der Waals surface area contributed by atoms with Crippen LogP contribution in [-0.4, -0.2) is 27.7 Å². The van der Waals surface area contributed by atoms with Crippen LogP contribution in [0.25, 0.3) is 0 Å². The Morgan fingerprint density at radius 2 is 2.03 bits per heavy atom. The van der Waals surface area contributed by atoms with E-state index < -0.39 is 0 Å². The van der Waals surface area contributed by atoms with Gasteiger partial charge >= 0.3 is 0 Å². The molecule has 1 fully saturated rings. The van der Waals surface area contributed by atoms with Gasteiger partial charge in [-0.25, -0.2) is 0 Å². The second-order valence-electron chi connectivity index (χ2n) is 9.05. The van der Waals surface area contributed by atoms with E-state index in [1.54, 1.807) is 19.6 Å². The topological polar surface area (TPSA) is 84.6 Å². The lowest BCUT2D eigenvalue weighted by Gasteiger charge is -2.29. The van der Waals surface area contributed by atoms with Crippen molar-refractivity contribution in [3.8, 4) is 5.75 Å². The highest BCUT2D eigenvalue weighted by molar-refractivity contribution is 7.80. The number of thiocarbonyl (C=S) groups is 1. The van der Waals surface area contributed by atoms with Crippen molar-refractivity contribution in [1.82, 2.24) is 14.9 Å². The molecule has 8 nitrogen and oxygen atoms in total. The van der Waals surface area contributed by atoms with Gasteiger partial charge < -0.3 is 29.3 Å². The molecular formula is C28H29N5O3S. The predicted molar refractivity (Wildman–Crippen MR) is 147 cm³/mol. The molecule has 2 atom stereocenters. The minimum absolute atomic E-state index is 0.179. The Morgan fingerprint density at radius 1 is 1.19 bits per heavy atom. The fourth-order valence-electron chi connectivity index (χ4n) is 5.01. The molecule has 9 heteroatoms. The van der Waals surface area contributed by atoms with Crippen LogP contribution in [0.15, 0.2) is 71.5 Å². The predicted octanol–water partition coefficient (Wildman–Crippen LogP) is 5.29. The van der Waals surface area contributed by atoms with Crippen LogP contribution in [0.3, 0.4) is 0 Å². The first kappa shape index (κ1) is 24.6. The number of aromatic nitrogens is 2. The monoisotopic (exact) mass is 515 g/mol. The van der Waals surface area contributed by atoms with Crippen LogP contribution < -0.4 is 20.3 Å². The second kappa shape index (κ2) is 10.1. The SMILES string of the molecule is COc1ccc(N2C(=S)NC(c3ccccn3)C2c2cc(C)n(Cc3ccco3)c2C)cc1NC(C)=O. The third-order valence-corrected chi connectivity index (χ3v) is 7.01. The first-order valence-corrected chi connectivity index (χ1v) is 12.4. The number of nitrogens with zero attached hydrogens (tertiary/aromatic N) is 3.